The summed E-state index contributed by atoms with van der Waals surface area (Å²) < 4.78 is 1.69. The minimum absolute atomic E-state index is 0.201. The quantitative estimate of drug-likeness (QED) is 0.643. The van der Waals surface area contributed by atoms with Crippen LogP contribution in [0.25, 0.3) is 16.8 Å². The van der Waals surface area contributed by atoms with Gasteiger partial charge in [-0.3, -0.25) is 4.79 Å². The van der Waals surface area contributed by atoms with Gasteiger partial charge in [0.1, 0.15) is 0 Å². The molecule has 0 aliphatic heterocycles. The van der Waals surface area contributed by atoms with Crippen molar-refractivity contribution in [1.29, 1.82) is 0 Å². The van der Waals surface area contributed by atoms with Gasteiger partial charge in [0, 0.05) is 13.1 Å². The molecule has 0 atom stereocenters. The molecule has 0 saturated carbocycles. The van der Waals surface area contributed by atoms with Crippen molar-refractivity contribution in [2.75, 3.05) is 19.6 Å². The van der Waals surface area contributed by atoms with Crippen molar-refractivity contribution in [1.82, 2.24) is 25.6 Å². The molecule has 0 aliphatic rings. The van der Waals surface area contributed by atoms with Gasteiger partial charge in [-0.05, 0) is 36.7 Å². The van der Waals surface area contributed by atoms with Crippen molar-refractivity contribution in [2.45, 2.75) is 13.8 Å². The molecule has 0 aliphatic carbocycles. The number of carbonyl (C=O) groups is 1. The van der Waals surface area contributed by atoms with E-state index in [0.717, 1.165) is 35.6 Å². The lowest BCUT2D eigenvalue weighted by Gasteiger charge is -2.07. The van der Waals surface area contributed by atoms with E-state index in [2.05, 4.69) is 33.1 Å². The maximum Gasteiger partial charge on any atom is 0.273 e. The largest absolute Gasteiger partial charge is 0.349 e. The highest BCUT2D eigenvalue weighted by Gasteiger charge is 2.16. The van der Waals surface area contributed by atoms with Crippen molar-refractivity contribution in [2.24, 2.45) is 0 Å². The molecule has 1 heterocycles. The van der Waals surface area contributed by atoms with Crippen LogP contribution in [0.2, 0.25) is 0 Å². The monoisotopic (exact) mass is 349 g/mol. The number of nitrogens with one attached hydrogen (secondary N) is 2. The summed E-state index contributed by atoms with van der Waals surface area (Å²) in [4.78, 5) is 12.3. The maximum atomic E-state index is 12.3. The van der Waals surface area contributed by atoms with E-state index in [9.17, 15) is 4.79 Å². The molecule has 2 N–H and O–H groups in total. The second-order valence-corrected chi connectivity index (χ2v) is 5.96. The molecular formula is C20H23N5O. The Balaban J connectivity index is 1.74. The van der Waals surface area contributed by atoms with Gasteiger partial charge < -0.3 is 10.6 Å². The lowest BCUT2D eigenvalue weighted by atomic mass is 10.1. The van der Waals surface area contributed by atoms with E-state index in [1.165, 1.54) is 0 Å². The third-order valence-corrected chi connectivity index (χ3v) is 4.17. The molecule has 0 unspecified atom stereocenters. The second kappa shape index (κ2) is 8.40. The van der Waals surface area contributed by atoms with Crippen LogP contribution in [0, 0.1) is 6.92 Å². The van der Waals surface area contributed by atoms with Gasteiger partial charge in [0.25, 0.3) is 5.91 Å². The van der Waals surface area contributed by atoms with Crippen molar-refractivity contribution in [3.63, 3.8) is 0 Å². The van der Waals surface area contributed by atoms with Crippen molar-refractivity contribution >= 4 is 5.91 Å². The molecule has 134 valence electrons. The standard InChI is InChI=1S/C20H23N5O/c1-3-21-13-14-22-20(26)19-15(2)25(24-23-19)18-11-9-17(10-12-18)16-7-5-4-6-8-16/h4-12,21H,3,13-14H2,1-2H3,(H,22,26). The van der Waals surface area contributed by atoms with Gasteiger partial charge in [-0.1, -0.05) is 54.6 Å². The Morgan fingerprint density at radius 3 is 2.38 bits per heavy atom. The van der Waals surface area contributed by atoms with Gasteiger partial charge in [0.2, 0.25) is 0 Å². The van der Waals surface area contributed by atoms with Gasteiger partial charge in [-0.15, -0.1) is 5.10 Å². The summed E-state index contributed by atoms with van der Waals surface area (Å²) in [6.07, 6.45) is 0. The number of likely N-dealkylation sites (N-methyl/N-ethyl adjacent to an activating group) is 1. The lowest BCUT2D eigenvalue weighted by molar-refractivity contribution is 0.0948. The number of carbonyl (C=O) groups excluding carboxylic acids is 1. The Morgan fingerprint density at radius 1 is 1.00 bits per heavy atom. The number of aromatic nitrogens is 3. The van der Waals surface area contributed by atoms with E-state index >= 15 is 0 Å². The molecular weight excluding hydrogens is 326 g/mol. The van der Waals surface area contributed by atoms with Crippen LogP contribution < -0.4 is 10.6 Å². The molecule has 26 heavy (non-hydrogen) atoms. The molecule has 0 spiro atoms. The third-order valence-electron chi connectivity index (χ3n) is 4.17. The van der Waals surface area contributed by atoms with Crippen LogP contribution in [0.5, 0.6) is 0 Å². The topological polar surface area (TPSA) is 71.8 Å². The first kappa shape index (κ1) is 17.8. The van der Waals surface area contributed by atoms with Gasteiger partial charge in [-0.25, -0.2) is 4.68 Å². The number of nitrogens with zero attached hydrogens (tertiary/aromatic N) is 3. The molecule has 3 rings (SSSR count). The second-order valence-electron chi connectivity index (χ2n) is 5.96. The van der Waals surface area contributed by atoms with Crippen LogP contribution in [-0.2, 0) is 0 Å². The summed E-state index contributed by atoms with van der Waals surface area (Å²) in [6.45, 7) is 6.05. The molecule has 3 aromatic rings. The molecule has 1 aromatic heterocycles. The van der Waals surface area contributed by atoms with Crippen molar-refractivity contribution in [3.05, 3.63) is 66.0 Å². The highest BCUT2D eigenvalue weighted by atomic mass is 16.2. The average Bonchev–Trinajstić information content (AvgIpc) is 3.07. The van der Waals surface area contributed by atoms with Crippen LogP contribution in [-0.4, -0.2) is 40.5 Å². The van der Waals surface area contributed by atoms with Gasteiger partial charge >= 0.3 is 0 Å². The first-order chi connectivity index (χ1) is 12.7. The highest BCUT2D eigenvalue weighted by Crippen LogP contribution is 2.21. The fourth-order valence-corrected chi connectivity index (χ4v) is 2.73. The lowest BCUT2D eigenvalue weighted by Crippen LogP contribution is -2.32. The van der Waals surface area contributed by atoms with Crippen molar-refractivity contribution in [3.8, 4) is 16.8 Å². The molecule has 0 saturated heterocycles. The van der Waals surface area contributed by atoms with E-state index in [1.807, 2.05) is 56.3 Å². The SMILES string of the molecule is CCNCCNC(=O)c1nnn(-c2ccc(-c3ccccc3)cc2)c1C. The fraction of sp³-hybridized carbons (Fsp3) is 0.250. The Labute approximate surface area is 153 Å². The smallest absolute Gasteiger partial charge is 0.273 e. The summed E-state index contributed by atoms with van der Waals surface area (Å²) in [7, 11) is 0. The zero-order valence-corrected chi connectivity index (χ0v) is 15.1. The van der Waals surface area contributed by atoms with Gasteiger partial charge in [0.05, 0.1) is 11.4 Å². The molecule has 0 bridgehead atoms. The summed E-state index contributed by atoms with van der Waals surface area (Å²) in [5.74, 6) is -0.201. The summed E-state index contributed by atoms with van der Waals surface area (Å²) in [5, 5.41) is 14.2. The molecule has 0 fully saturated rings. The van der Waals surface area contributed by atoms with E-state index in [1.54, 1.807) is 4.68 Å². The fourth-order valence-electron chi connectivity index (χ4n) is 2.73. The maximum absolute atomic E-state index is 12.3. The molecule has 6 nitrogen and oxygen atoms in total. The molecule has 0 radical (unpaired) electrons. The minimum atomic E-state index is -0.201. The van der Waals surface area contributed by atoms with Crippen LogP contribution in [0.15, 0.2) is 54.6 Å². The summed E-state index contributed by atoms with van der Waals surface area (Å²) >= 11 is 0. The minimum Gasteiger partial charge on any atom is -0.349 e. The number of hydrogen-bond donors (Lipinski definition) is 2. The summed E-state index contributed by atoms with van der Waals surface area (Å²) in [5.41, 5.74) is 4.25. The van der Waals surface area contributed by atoms with Gasteiger partial charge in [-0.2, -0.15) is 0 Å². The molecule has 6 heteroatoms. The number of benzene rings is 2. The summed E-state index contributed by atoms with van der Waals surface area (Å²) in [6, 6.07) is 18.2. The average molecular weight is 349 g/mol. The first-order valence-corrected chi connectivity index (χ1v) is 8.77. The zero-order chi connectivity index (χ0) is 18.4. The number of rotatable bonds is 7. The van der Waals surface area contributed by atoms with Crippen molar-refractivity contribution < 1.29 is 4.79 Å². The van der Waals surface area contributed by atoms with Crippen LogP contribution in [0.4, 0.5) is 0 Å². The third kappa shape index (κ3) is 3.97. The van der Waals surface area contributed by atoms with E-state index < -0.39 is 0 Å². The Kier molecular flexibility index (Phi) is 5.76. The molecule has 1 amide bonds. The van der Waals surface area contributed by atoms with Crippen LogP contribution >= 0.6 is 0 Å². The van der Waals surface area contributed by atoms with Crippen LogP contribution in [0.1, 0.15) is 23.1 Å². The Morgan fingerprint density at radius 2 is 1.69 bits per heavy atom. The zero-order valence-electron chi connectivity index (χ0n) is 15.1. The van der Waals surface area contributed by atoms with E-state index in [-0.39, 0.29) is 5.91 Å². The normalized spacial score (nSPS) is 10.7. The van der Waals surface area contributed by atoms with Gasteiger partial charge in [0.15, 0.2) is 5.69 Å². The Bertz CT molecular complexity index is 856. The number of amides is 1. The first-order valence-electron chi connectivity index (χ1n) is 8.77. The number of hydrogen-bond acceptors (Lipinski definition) is 4. The highest BCUT2D eigenvalue weighted by molar-refractivity contribution is 5.93. The van der Waals surface area contributed by atoms with E-state index in [4.69, 9.17) is 0 Å². The van der Waals surface area contributed by atoms with E-state index in [0.29, 0.717) is 12.2 Å². The predicted octanol–water partition coefficient (Wildman–Crippen LogP) is 2.58. The Hall–Kier alpha value is -2.99. The predicted molar refractivity (Wildman–Crippen MR) is 102 cm³/mol. The van der Waals surface area contributed by atoms with Crippen LogP contribution in [0.3, 0.4) is 0 Å². The molecule has 2 aromatic carbocycles.